The molecule has 98 valence electrons. The van der Waals surface area contributed by atoms with Gasteiger partial charge in [0.25, 0.3) is 0 Å². The fourth-order valence-corrected chi connectivity index (χ4v) is 2.44. The van der Waals surface area contributed by atoms with Gasteiger partial charge in [-0.05, 0) is 39.2 Å². The maximum Gasteiger partial charge on any atom is 0.0897 e. The first-order valence-corrected chi connectivity index (χ1v) is 7.33. The molecule has 17 heavy (non-hydrogen) atoms. The molecule has 2 unspecified atom stereocenters. The van der Waals surface area contributed by atoms with Crippen LogP contribution in [0.25, 0.3) is 0 Å². The molecular weight excluding hydrogens is 230 g/mol. The monoisotopic (exact) mass is 255 g/mol. The van der Waals surface area contributed by atoms with Crippen LogP contribution in [0.4, 0.5) is 0 Å². The zero-order valence-electron chi connectivity index (χ0n) is 11.2. The van der Waals surface area contributed by atoms with Crippen molar-refractivity contribution in [3.05, 3.63) is 16.1 Å². The third-order valence-corrected chi connectivity index (χ3v) is 3.64. The predicted octanol–water partition coefficient (Wildman–Crippen LogP) is 2.69. The van der Waals surface area contributed by atoms with Crippen LogP contribution in [-0.2, 0) is 6.54 Å². The van der Waals surface area contributed by atoms with E-state index in [9.17, 15) is 0 Å². The number of aromatic nitrogens is 1. The number of nitrogens with one attached hydrogen (secondary N) is 1. The normalized spacial score (nSPS) is 14.8. The summed E-state index contributed by atoms with van der Waals surface area (Å²) in [6.45, 7) is 8.37. The van der Waals surface area contributed by atoms with E-state index < -0.39 is 0 Å². The second-order valence-corrected chi connectivity index (χ2v) is 6.06. The Bertz CT molecular complexity index is 309. The molecule has 0 fully saturated rings. The van der Waals surface area contributed by atoms with Crippen LogP contribution in [0.5, 0.6) is 0 Å². The van der Waals surface area contributed by atoms with Gasteiger partial charge in [-0.25, -0.2) is 4.98 Å². The van der Waals surface area contributed by atoms with Crippen molar-refractivity contribution in [1.29, 1.82) is 0 Å². The summed E-state index contributed by atoms with van der Waals surface area (Å²) in [6.07, 6.45) is 3.62. The standard InChI is InChI=1S/C13H25N3S/c1-10(5-4-6-11(2)14)7-15-8-13-9-17-12(3)16-13/h9-11,15H,4-8,14H2,1-3H3. The van der Waals surface area contributed by atoms with E-state index in [1.54, 1.807) is 11.3 Å². The zero-order valence-corrected chi connectivity index (χ0v) is 12.0. The minimum absolute atomic E-state index is 0.341. The number of hydrogen-bond donors (Lipinski definition) is 2. The van der Waals surface area contributed by atoms with Crippen LogP contribution in [0.2, 0.25) is 0 Å². The molecule has 0 amide bonds. The minimum Gasteiger partial charge on any atom is -0.328 e. The van der Waals surface area contributed by atoms with Crippen molar-refractivity contribution in [3.63, 3.8) is 0 Å². The van der Waals surface area contributed by atoms with E-state index in [1.165, 1.54) is 12.8 Å². The van der Waals surface area contributed by atoms with Gasteiger partial charge < -0.3 is 11.1 Å². The Morgan fingerprint density at radius 2 is 2.18 bits per heavy atom. The number of rotatable bonds is 8. The second-order valence-electron chi connectivity index (χ2n) is 5.00. The first-order valence-electron chi connectivity index (χ1n) is 6.45. The molecule has 0 saturated heterocycles. The molecule has 0 radical (unpaired) electrons. The predicted molar refractivity (Wildman–Crippen MR) is 75.2 cm³/mol. The van der Waals surface area contributed by atoms with Crippen molar-refractivity contribution in [1.82, 2.24) is 10.3 Å². The van der Waals surface area contributed by atoms with Crippen molar-refractivity contribution in [2.45, 2.75) is 52.6 Å². The third-order valence-electron chi connectivity index (χ3n) is 2.82. The Morgan fingerprint density at radius 3 is 2.76 bits per heavy atom. The van der Waals surface area contributed by atoms with Crippen molar-refractivity contribution in [3.8, 4) is 0 Å². The summed E-state index contributed by atoms with van der Waals surface area (Å²) in [4.78, 5) is 4.43. The van der Waals surface area contributed by atoms with E-state index >= 15 is 0 Å². The lowest BCUT2D eigenvalue weighted by Gasteiger charge is -2.12. The molecule has 2 atom stereocenters. The van der Waals surface area contributed by atoms with E-state index in [2.05, 4.69) is 29.5 Å². The molecule has 1 rings (SSSR count). The zero-order chi connectivity index (χ0) is 12.7. The molecule has 0 aliphatic rings. The van der Waals surface area contributed by atoms with Crippen LogP contribution in [0.15, 0.2) is 5.38 Å². The fraction of sp³-hybridized carbons (Fsp3) is 0.769. The topological polar surface area (TPSA) is 50.9 Å². The SMILES string of the molecule is Cc1nc(CNCC(C)CCCC(C)N)cs1. The van der Waals surface area contributed by atoms with Gasteiger partial charge in [-0.2, -0.15) is 0 Å². The molecule has 0 aromatic carbocycles. The Kier molecular flexibility index (Phi) is 6.70. The van der Waals surface area contributed by atoms with Crippen molar-refractivity contribution in [2.75, 3.05) is 6.54 Å². The van der Waals surface area contributed by atoms with Gasteiger partial charge in [0.15, 0.2) is 0 Å². The average molecular weight is 255 g/mol. The lowest BCUT2D eigenvalue weighted by molar-refractivity contribution is 0.447. The molecule has 1 aromatic heterocycles. The number of nitrogens with two attached hydrogens (primary N) is 1. The Hall–Kier alpha value is -0.450. The molecule has 3 N–H and O–H groups in total. The van der Waals surface area contributed by atoms with Crippen LogP contribution in [0, 0.1) is 12.8 Å². The maximum absolute atomic E-state index is 5.73. The van der Waals surface area contributed by atoms with Crippen LogP contribution in [0.1, 0.15) is 43.8 Å². The highest BCUT2D eigenvalue weighted by atomic mass is 32.1. The molecule has 0 aliphatic carbocycles. The third kappa shape index (κ3) is 6.76. The van der Waals surface area contributed by atoms with E-state index in [-0.39, 0.29) is 0 Å². The second kappa shape index (κ2) is 7.80. The first kappa shape index (κ1) is 14.6. The summed E-state index contributed by atoms with van der Waals surface area (Å²) in [5.41, 5.74) is 6.90. The van der Waals surface area contributed by atoms with Crippen LogP contribution < -0.4 is 11.1 Å². The summed E-state index contributed by atoms with van der Waals surface area (Å²) in [5.74, 6) is 0.716. The van der Waals surface area contributed by atoms with E-state index in [1.807, 2.05) is 6.92 Å². The van der Waals surface area contributed by atoms with Crippen molar-refractivity contribution < 1.29 is 0 Å². The average Bonchev–Trinajstić information content (AvgIpc) is 2.63. The van der Waals surface area contributed by atoms with Crippen LogP contribution in [0.3, 0.4) is 0 Å². The quantitative estimate of drug-likeness (QED) is 0.751. The minimum atomic E-state index is 0.341. The first-order chi connectivity index (χ1) is 8.08. The van der Waals surface area contributed by atoms with Crippen LogP contribution >= 0.6 is 11.3 Å². The number of aryl methyl sites for hydroxylation is 1. The van der Waals surface area contributed by atoms with E-state index in [0.717, 1.165) is 30.2 Å². The molecule has 4 heteroatoms. The Morgan fingerprint density at radius 1 is 1.41 bits per heavy atom. The highest BCUT2D eigenvalue weighted by Gasteiger charge is 2.04. The van der Waals surface area contributed by atoms with Gasteiger partial charge in [0.1, 0.15) is 0 Å². The van der Waals surface area contributed by atoms with Crippen molar-refractivity contribution in [2.24, 2.45) is 11.7 Å². The molecule has 0 spiro atoms. The Labute approximate surface area is 109 Å². The number of thiazole rings is 1. The summed E-state index contributed by atoms with van der Waals surface area (Å²) >= 11 is 1.72. The highest BCUT2D eigenvalue weighted by molar-refractivity contribution is 7.09. The summed E-state index contributed by atoms with van der Waals surface area (Å²) in [7, 11) is 0. The molecule has 0 aliphatic heterocycles. The largest absolute Gasteiger partial charge is 0.328 e. The summed E-state index contributed by atoms with van der Waals surface area (Å²) in [6, 6.07) is 0.341. The van der Waals surface area contributed by atoms with E-state index in [4.69, 9.17) is 5.73 Å². The van der Waals surface area contributed by atoms with Gasteiger partial charge in [-0.1, -0.05) is 13.3 Å². The summed E-state index contributed by atoms with van der Waals surface area (Å²) < 4.78 is 0. The van der Waals surface area contributed by atoms with Gasteiger partial charge >= 0.3 is 0 Å². The molecule has 3 nitrogen and oxygen atoms in total. The smallest absolute Gasteiger partial charge is 0.0897 e. The lowest BCUT2D eigenvalue weighted by atomic mass is 10.0. The molecule has 0 bridgehead atoms. The van der Waals surface area contributed by atoms with Crippen molar-refractivity contribution >= 4 is 11.3 Å². The summed E-state index contributed by atoms with van der Waals surface area (Å²) in [5, 5.41) is 6.74. The Balaban J connectivity index is 2.05. The van der Waals surface area contributed by atoms with Gasteiger partial charge in [-0.15, -0.1) is 11.3 Å². The molecular formula is C13H25N3S. The molecule has 1 heterocycles. The number of nitrogens with zero attached hydrogens (tertiary/aromatic N) is 1. The molecule has 0 saturated carbocycles. The maximum atomic E-state index is 5.73. The fourth-order valence-electron chi connectivity index (χ4n) is 1.83. The lowest BCUT2D eigenvalue weighted by Crippen LogP contribution is -2.21. The van der Waals surface area contributed by atoms with Crippen LogP contribution in [-0.4, -0.2) is 17.6 Å². The van der Waals surface area contributed by atoms with Gasteiger partial charge in [-0.3, -0.25) is 0 Å². The van der Waals surface area contributed by atoms with Gasteiger partial charge in [0.05, 0.1) is 10.7 Å². The highest BCUT2D eigenvalue weighted by Crippen LogP contribution is 2.09. The molecule has 1 aromatic rings. The number of hydrogen-bond acceptors (Lipinski definition) is 4. The van der Waals surface area contributed by atoms with Gasteiger partial charge in [0.2, 0.25) is 0 Å². The van der Waals surface area contributed by atoms with E-state index in [0.29, 0.717) is 12.0 Å². The van der Waals surface area contributed by atoms with Gasteiger partial charge in [0, 0.05) is 18.0 Å².